The molecule has 4 rings (SSSR count). The molecule has 1 aliphatic heterocycles. The molecule has 1 nitrogen and oxygen atoms in total. The first-order valence-corrected chi connectivity index (χ1v) is 8.82. The molecule has 2 atom stereocenters. The van der Waals surface area contributed by atoms with Crippen molar-refractivity contribution in [3.05, 3.63) is 100 Å². The van der Waals surface area contributed by atoms with Gasteiger partial charge >= 0.3 is 0 Å². The second kappa shape index (κ2) is 6.51. The van der Waals surface area contributed by atoms with Gasteiger partial charge in [-0.2, -0.15) is 0 Å². The van der Waals surface area contributed by atoms with Crippen LogP contribution in [0.2, 0.25) is 10.0 Å². The topological polar surface area (TPSA) is 3.24 Å². The molecule has 0 radical (unpaired) electrons. The van der Waals surface area contributed by atoms with Crippen LogP contribution in [0.4, 0.5) is 5.69 Å². The van der Waals surface area contributed by atoms with Crippen LogP contribution in [-0.2, 0) is 0 Å². The summed E-state index contributed by atoms with van der Waals surface area (Å²) in [6, 6.07) is 27.7. The molecule has 3 heteroatoms. The average molecular weight is 354 g/mol. The molecule has 0 bridgehead atoms. The van der Waals surface area contributed by atoms with E-state index in [0.29, 0.717) is 12.1 Å². The fraction of sp³-hybridized carbons (Fsp3) is 0.143. The molecule has 3 aromatic carbocycles. The van der Waals surface area contributed by atoms with Crippen LogP contribution in [0.25, 0.3) is 0 Å². The highest BCUT2D eigenvalue weighted by Crippen LogP contribution is 2.50. The Kier molecular flexibility index (Phi) is 4.22. The van der Waals surface area contributed by atoms with Crippen molar-refractivity contribution in [2.45, 2.75) is 18.5 Å². The van der Waals surface area contributed by atoms with Crippen molar-refractivity contribution in [3.8, 4) is 0 Å². The molecule has 0 N–H and O–H groups in total. The van der Waals surface area contributed by atoms with Gasteiger partial charge in [0.15, 0.2) is 0 Å². The maximum absolute atomic E-state index is 6.04. The third-order valence-electron chi connectivity index (χ3n) is 4.68. The third kappa shape index (κ3) is 2.90. The van der Waals surface area contributed by atoms with Crippen LogP contribution in [-0.4, -0.2) is 0 Å². The van der Waals surface area contributed by atoms with E-state index in [0.717, 1.165) is 16.5 Å². The van der Waals surface area contributed by atoms with Gasteiger partial charge in [0.2, 0.25) is 0 Å². The zero-order valence-corrected chi connectivity index (χ0v) is 14.6. The highest BCUT2D eigenvalue weighted by Gasteiger charge is 2.40. The molecule has 1 heterocycles. The predicted octanol–water partition coefficient (Wildman–Crippen LogP) is 6.69. The number of para-hydroxylation sites is 1. The number of anilines is 1. The van der Waals surface area contributed by atoms with Crippen molar-refractivity contribution in [2.24, 2.45) is 0 Å². The first-order valence-electron chi connectivity index (χ1n) is 8.07. The quantitative estimate of drug-likeness (QED) is 0.507. The van der Waals surface area contributed by atoms with E-state index in [2.05, 4.69) is 59.5 Å². The number of nitrogens with zero attached hydrogens (tertiary/aromatic N) is 1. The molecule has 0 spiro atoms. The van der Waals surface area contributed by atoms with Gasteiger partial charge in [-0.1, -0.05) is 65.7 Å². The highest BCUT2D eigenvalue weighted by atomic mass is 35.5. The Balaban J connectivity index is 1.69. The zero-order valence-electron chi connectivity index (χ0n) is 13.1. The Bertz CT molecular complexity index is 761. The summed E-state index contributed by atoms with van der Waals surface area (Å²) in [7, 11) is 0. The molecule has 1 aliphatic rings. The Labute approximate surface area is 152 Å². The van der Waals surface area contributed by atoms with Gasteiger partial charge in [0.25, 0.3) is 0 Å². The summed E-state index contributed by atoms with van der Waals surface area (Å²) in [5.74, 6) is 0. The van der Waals surface area contributed by atoms with Crippen LogP contribution in [0.3, 0.4) is 0 Å². The van der Waals surface area contributed by atoms with Crippen LogP contribution in [0.1, 0.15) is 29.6 Å². The molecule has 120 valence electrons. The lowest BCUT2D eigenvalue weighted by atomic mass is 9.83. The number of benzene rings is 3. The monoisotopic (exact) mass is 353 g/mol. The summed E-state index contributed by atoms with van der Waals surface area (Å²) >= 11 is 12.1. The lowest BCUT2D eigenvalue weighted by Gasteiger charge is -2.51. The average Bonchev–Trinajstić information content (AvgIpc) is 2.58. The minimum Gasteiger partial charge on any atom is -0.357 e. The van der Waals surface area contributed by atoms with Crippen molar-refractivity contribution in [2.75, 3.05) is 4.90 Å². The van der Waals surface area contributed by atoms with E-state index in [9.17, 15) is 0 Å². The molecule has 1 fully saturated rings. The van der Waals surface area contributed by atoms with E-state index in [1.807, 2.05) is 24.3 Å². The number of hydrogen-bond acceptors (Lipinski definition) is 1. The maximum Gasteiger partial charge on any atom is 0.0571 e. The van der Waals surface area contributed by atoms with Crippen LogP contribution >= 0.6 is 23.2 Å². The molecule has 1 saturated heterocycles. The van der Waals surface area contributed by atoms with E-state index >= 15 is 0 Å². The second-order valence-electron chi connectivity index (χ2n) is 6.11. The Hall–Kier alpha value is -1.96. The van der Waals surface area contributed by atoms with Gasteiger partial charge < -0.3 is 4.90 Å². The van der Waals surface area contributed by atoms with Crippen LogP contribution < -0.4 is 4.90 Å². The van der Waals surface area contributed by atoms with Gasteiger partial charge in [0.1, 0.15) is 0 Å². The molecule has 0 aromatic heterocycles. The van der Waals surface area contributed by atoms with Crippen molar-refractivity contribution in [1.82, 2.24) is 0 Å². The van der Waals surface area contributed by atoms with Gasteiger partial charge in [-0.05, 0) is 53.9 Å². The van der Waals surface area contributed by atoms with Crippen molar-refractivity contribution < 1.29 is 0 Å². The van der Waals surface area contributed by atoms with E-state index < -0.39 is 0 Å². The standard InChI is InChI=1S/C21H17Cl2N/c22-17-10-6-15(7-11-17)20-14-21(16-8-12-18(23)13-9-16)24(20)19-4-2-1-3-5-19/h1-13,20-21H,14H2/t20-,21+. The molecule has 0 saturated carbocycles. The Morgan fingerprint density at radius 2 is 1.08 bits per heavy atom. The zero-order chi connectivity index (χ0) is 16.5. The third-order valence-corrected chi connectivity index (χ3v) is 5.19. The van der Waals surface area contributed by atoms with Gasteiger partial charge in [-0.3, -0.25) is 0 Å². The minimum atomic E-state index is 0.366. The van der Waals surface area contributed by atoms with Crippen molar-refractivity contribution in [3.63, 3.8) is 0 Å². The summed E-state index contributed by atoms with van der Waals surface area (Å²) in [5.41, 5.74) is 3.84. The maximum atomic E-state index is 6.04. The summed E-state index contributed by atoms with van der Waals surface area (Å²) < 4.78 is 0. The minimum absolute atomic E-state index is 0.366. The first kappa shape index (κ1) is 15.6. The molecule has 0 aliphatic carbocycles. The van der Waals surface area contributed by atoms with E-state index in [-0.39, 0.29) is 0 Å². The normalized spacial score (nSPS) is 19.8. The largest absolute Gasteiger partial charge is 0.357 e. The van der Waals surface area contributed by atoms with E-state index in [1.54, 1.807) is 0 Å². The van der Waals surface area contributed by atoms with Gasteiger partial charge in [-0.15, -0.1) is 0 Å². The fourth-order valence-electron chi connectivity index (χ4n) is 3.44. The summed E-state index contributed by atoms with van der Waals surface area (Å²) in [4.78, 5) is 2.48. The summed E-state index contributed by atoms with van der Waals surface area (Å²) in [6.07, 6.45) is 1.08. The van der Waals surface area contributed by atoms with Crippen LogP contribution in [0.15, 0.2) is 78.9 Å². The van der Waals surface area contributed by atoms with E-state index in [1.165, 1.54) is 16.8 Å². The number of halogens is 2. The molecule has 24 heavy (non-hydrogen) atoms. The molecular weight excluding hydrogens is 337 g/mol. The lowest BCUT2D eigenvalue weighted by Crippen LogP contribution is -2.44. The predicted molar refractivity (Wildman–Crippen MR) is 102 cm³/mol. The molecule has 0 amide bonds. The summed E-state index contributed by atoms with van der Waals surface area (Å²) in [6.45, 7) is 0. The SMILES string of the molecule is Clc1ccc([C@H]2C[C@@H](c3ccc(Cl)cc3)N2c2ccccc2)cc1. The smallest absolute Gasteiger partial charge is 0.0571 e. The fourth-order valence-corrected chi connectivity index (χ4v) is 3.69. The van der Waals surface area contributed by atoms with Gasteiger partial charge in [0, 0.05) is 15.7 Å². The van der Waals surface area contributed by atoms with Crippen molar-refractivity contribution >= 4 is 28.9 Å². The van der Waals surface area contributed by atoms with Crippen molar-refractivity contribution in [1.29, 1.82) is 0 Å². The number of rotatable bonds is 3. The first-order chi connectivity index (χ1) is 11.7. The molecule has 0 unspecified atom stereocenters. The molecule has 3 aromatic rings. The van der Waals surface area contributed by atoms with Gasteiger partial charge in [0.05, 0.1) is 12.1 Å². The van der Waals surface area contributed by atoms with Crippen LogP contribution in [0, 0.1) is 0 Å². The Morgan fingerprint density at radius 3 is 1.54 bits per heavy atom. The summed E-state index contributed by atoms with van der Waals surface area (Å²) in [5, 5.41) is 1.55. The molecular formula is C21H17Cl2N. The lowest BCUT2D eigenvalue weighted by molar-refractivity contribution is 0.353. The van der Waals surface area contributed by atoms with Gasteiger partial charge in [-0.25, -0.2) is 0 Å². The second-order valence-corrected chi connectivity index (χ2v) is 6.99. The highest BCUT2D eigenvalue weighted by molar-refractivity contribution is 6.30. The number of hydrogen-bond donors (Lipinski definition) is 0. The van der Waals surface area contributed by atoms with Crippen LogP contribution in [0.5, 0.6) is 0 Å². The van der Waals surface area contributed by atoms with E-state index in [4.69, 9.17) is 23.2 Å². The Morgan fingerprint density at radius 1 is 0.625 bits per heavy atom.